The number of aliphatic carboxylic acids is 1. The summed E-state index contributed by atoms with van der Waals surface area (Å²) in [6, 6.07) is -1.18. The third-order valence-electron chi connectivity index (χ3n) is 0.828. The number of nitrogens with one attached hydrogen (secondary N) is 1. The smallest absolute Gasteiger partial charge is 0.321 e. The molecule has 0 radical (unpaired) electrons. The number of hydrogen-bond donors (Lipinski definition) is 3. The van der Waals surface area contributed by atoms with Gasteiger partial charge in [-0.05, 0) is 0 Å². The highest BCUT2D eigenvalue weighted by Crippen LogP contribution is 1.87. The second-order valence-electron chi connectivity index (χ2n) is 1.67. The highest BCUT2D eigenvalue weighted by atomic mass is 35.5. The van der Waals surface area contributed by atoms with Gasteiger partial charge >= 0.3 is 5.97 Å². The molecule has 1 unspecified atom stereocenters. The van der Waals surface area contributed by atoms with Gasteiger partial charge in [0.25, 0.3) is 0 Å². The lowest BCUT2D eigenvalue weighted by Gasteiger charge is -2.01. The molecule has 1 amide bonds. The number of hydrogen-bond acceptors (Lipinski definition) is 3. The Labute approximate surface area is 62.3 Å². The molecule has 0 spiro atoms. The molecule has 0 aliphatic carbocycles. The fourth-order valence-corrected chi connectivity index (χ4v) is 0.403. The third kappa shape index (κ3) is 3.26. The molecule has 4 N–H and O–H groups in total. The molecule has 0 saturated heterocycles. The minimum atomic E-state index is -1.22. The van der Waals surface area contributed by atoms with Crippen LogP contribution in [-0.4, -0.2) is 23.0 Å². The number of carboxylic acid groups (broad SMARTS) is 1. The van der Waals surface area contributed by atoms with Crippen molar-refractivity contribution in [3.8, 4) is 0 Å². The second-order valence-corrected chi connectivity index (χ2v) is 1.86. The largest absolute Gasteiger partial charge is 0.480 e. The Balaban J connectivity index is 3.68. The lowest BCUT2D eigenvalue weighted by Crippen LogP contribution is -2.34. The summed E-state index contributed by atoms with van der Waals surface area (Å²) in [6.07, 6.45) is -0.307. The molecule has 6 heteroatoms. The van der Waals surface area contributed by atoms with Crippen molar-refractivity contribution in [1.29, 1.82) is 0 Å². The van der Waals surface area contributed by atoms with E-state index in [1.807, 2.05) is 0 Å². The maximum atomic E-state index is 10.3. The molecule has 0 aliphatic heterocycles. The van der Waals surface area contributed by atoms with Gasteiger partial charge in [0.15, 0.2) is 0 Å². The van der Waals surface area contributed by atoms with Crippen LogP contribution in [0.15, 0.2) is 0 Å². The van der Waals surface area contributed by atoms with Crippen LogP contribution in [0.1, 0.15) is 6.42 Å². The van der Waals surface area contributed by atoms with Crippen LogP contribution >= 0.6 is 11.8 Å². The topological polar surface area (TPSA) is 92.4 Å². The van der Waals surface area contributed by atoms with Gasteiger partial charge in [-0.1, -0.05) is 0 Å². The second kappa shape index (κ2) is 4.08. The predicted octanol–water partition coefficient (Wildman–Crippen LogP) is -0.942. The third-order valence-corrected chi connectivity index (χ3v) is 1.04. The number of halogens is 1. The Hall–Kier alpha value is -0.810. The average molecular weight is 167 g/mol. The molecule has 0 aromatic heterocycles. The Kier molecular flexibility index (Phi) is 3.75. The molecule has 0 aromatic rings. The van der Waals surface area contributed by atoms with Crippen molar-refractivity contribution in [3.63, 3.8) is 0 Å². The summed E-state index contributed by atoms with van der Waals surface area (Å²) in [5.41, 5.74) is 4.97. The zero-order chi connectivity index (χ0) is 8.15. The van der Waals surface area contributed by atoms with Gasteiger partial charge in [-0.25, -0.2) is 0 Å². The van der Waals surface area contributed by atoms with Crippen LogP contribution < -0.4 is 10.6 Å². The summed E-state index contributed by atoms with van der Waals surface area (Å²) >= 11 is 4.85. The normalized spacial score (nSPS) is 12.2. The molecule has 58 valence electrons. The van der Waals surface area contributed by atoms with Crippen LogP contribution in [0.25, 0.3) is 0 Å². The number of carbonyl (C=O) groups excluding carboxylic acids is 1. The van der Waals surface area contributed by atoms with Crippen LogP contribution in [0.2, 0.25) is 0 Å². The van der Waals surface area contributed by atoms with E-state index in [4.69, 9.17) is 22.6 Å². The van der Waals surface area contributed by atoms with Crippen LogP contribution in [-0.2, 0) is 9.59 Å². The maximum Gasteiger partial charge on any atom is 0.321 e. The summed E-state index contributed by atoms with van der Waals surface area (Å²) in [5, 5.41) is 8.18. The molecule has 0 saturated carbocycles. The van der Waals surface area contributed by atoms with Gasteiger partial charge in [0.2, 0.25) is 5.91 Å². The SMILES string of the molecule is NC(CC(=O)NCl)C(=O)O. The Bertz CT molecular complexity index is 149. The van der Waals surface area contributed by atoms with Crippen molar-refractivity contribution in [2.75, 3.05) is 0 Å². The lowest BCUT2D eigenvalue weighted by molar-refractivity contribution is -0.140. The van der Waals surface area contributed by atoms with Crippen molar-refractivity contribution in [1.82, 2.24) is 4.84 Å². The number of rotatable bonds is 3. The van der Waals surface area contributed by atoms with Gasteiger partial charge in [0, 0.05) is 11.8 Å². The van der Waals surface area contributed by atoms with Gasteiger partial charge in [-0.15, -0.1) is 0 Å². The monoisotopic (exact) mass is 166 g/mol. The van der Waals surface area contributed by atoms with Crippen molar-refractivity contribution < 1.29 is 14.7 Å². The molecular formula is C4H7ClN2O3. The molecule has 0 aliphatic rings. The Morgan fingerprint density at radius 2 is 2.20 bits per heavy atom. The van der Waals surface area contributed by atoms with Crippen molar-refractivity contribution in [2.45, 2.75) is 12.5 Å². The lowest BCUT2D eigenvalue weighted by atomic mass is 10.2. The first-order valence-electron chi connectivity index (χ1n) is 2.45. The zero-order valence-electron chi connectivity index (χ0n) is 5.00. The van der Waals surface area contributed by atoms with Crippen molar-refractivity contribution in [2.24, 2.45) is 5.73 Å². The summed E-state index contributed by atoms with van der Waals surface area (Å²) in [6.45, 7) is 0. The van der Waals surface area contributed by atoms with E-state index in [2.05, 4.69) is 0 Å². The quantitative estimate of drug-likeness (QED) is 0.472. The fraction of sp³-hybridized carbons (Fsp3) is 0.500. The minimum Gasteiger partial charge on any atom is -0.480 e. The van der Waals surface area contributed by atoms with Crippen molar-refractivity contribution >= 4 is 23.7 Å². The van der Waals surface area contributed by atoms with Crippen LogP contribution in [0.5, 0.6) is 0 Å². The highest BCUT2D eigenvalue weighted by Gasteiger charge is 2.14. The first-order valence-corrected chi connectivity index (χ1v) is 2.83. The van der Waals surface area contributed by atoms with E-state index in [1.54, 1.807) is 4.84 Å². The summed E-state index contributed by atoms with van der Waals surface area (Å²) < 4.78 is 0. The van der Waals surface area contributed by atoms with E-state index in [9.17, 15) is 9.59 Å². The van der Waals surface area contributed by atoms with Gasteiger partial charge < -0.3 is 10.8 Å². The van der Waals surface area contributed by atoms with Gasteiger partial charge in [-0.2, -0.15) is 0 Å². The summed E-state index contributed by atoms with van der Waals surface area (Å²) in [4.78, 5) is 22.1. The highest BCUT2D eigenvalue weighted by molar-refractivity contribution is 6.21. The van der Waals surface area contributed by atoms with Crippen LogP contribution in [0.4, 0.5) is 0 Å². The molecule has 10 heavy (non-hydrogen) atoms. The van der Waals surface area contributed by atoms with Gasteiger partial charge in [0.1, 0.15) is 6.04 Å². The average Bonchev–Trinajstić information content (AvgIpc) is 1.87. The van der Waals surface area contributed by atoms with E-state index < -0.39 is 17.9 Å². The summed E-state index contributed by atoms with van der Waals surface area (Å²) in [7, 11) is 0. The molecular weight excluding hydrogens is 160 g/mol. The maximum absolute atomic E-state index is 10.3. The van der Waals surface area contributed by atoms with E-state index in [1.165, 1.54) is 0 Å². The first-order chi connectivity index (χ1) is 4.57. The van der Waals surface area contributed by atoms with E-state index in [-0.39, 0.29) is 6.42 Å². The van der Waals surface area contributed by atoms with E-state index in [0.717, 1.165) is 0 Å². The Morgan fingerprint density at radius 3 is 2.50 bits per heavy atom. The van der Waals surface area contributed by atoms with Crippen molar-refractivity contribution in [3.05, 3.63) is 0 Å². The number of carboxylic acids is 1. The number of amides is 1. The van der Waals surface area contributed by atoms with E-state index in [0.29, 0.717) is 0 Å². The zero-order valence-corrected chi connectivity index (χ0v) is 5.76. The molecule has 0 fully saturated rings. The number of nitrogens with two attached hydrogens (primary N) is 1. The van der Waals surface area contributed by atoms with Gasteiger partial charge in [-0.3, -0.25) is 14.4 Å². The fourth-order valence-electron chi connectivity index (χ4n) is 0.326. The van der Waals surface area contributed by atoms with Crippen LogP contribution in [0, 0.1) is 0 Å². The number of carbonyl (C=O) groups is 2. The van der Waals surface area contributed by atoms with E-state index >= 15 is 0 Å². The molecule has 0 bridgehead atoms. The van der Waals surface area contributed by atoms with Gasteiger partial charge in [0.05, 0.1) is 6.42 Å². The molecule has 0 heterocycles. The summed E-state index contributed by atoms with van der Waals surface area (Å²) in [5.74, 6) is -1.82. The molecule has 5 nitrogen and oxygen atoms in total. The molecule has 0 aromatic carbocycles. The Morgan fingerprint density at radius 1 is 1.70 bits per heavy atom. The predicted molar refractivity (Wildman–Crippen MR) is 34.2 cm³/mol. The first kappa shape index (κ1) is 9.19. The standard InChI is InChI=1S/C4H7ClN2O3/c5-7-3(8)1-2(6)4(9)10/h2H,1,6H2,(H,7,8)(H,9,10). The minimum absolute atomic E-state index is 0.307. The molecule has 1 atom stereocenters. The van der Waals surface area contributed by atoms with Crippen LogP contribution in [0.3, 0.4) is 0 Å². The molecule has 0 rings (SSSR count).